The van der Waals surface area contributed by atoms with Gasteiger partial charge < -0.3 is 9.73 Å². The van der Waals surface area contributed by atoms with Crippen LogP contribution in [0.15, 0.2) is 46.2 Å². The quantitative estimate of drug-likeness (QED) is 0.821. The monoisotopic (exact) mass is 281 g/mol. The van der Waals surface area contributed by atoms with Crippen molar-refractivity contribution in [2.45, 2.75) is 18.2 Å². The van der Waals surface area contributed by atoms with E-state index in [0.717, 1.165) is 5.56 Å². The molecule has 0 amide bonds. The molecular weight excluding hydrogens is 266 g/mol. The minimum Gasteiger partial charge on any atom is -0.447 e. The normalized spacial score (nSPS) is 11.6. The fraction of sp³-hybridized carbons (Fsp3) is 0.250. The first-order valence-corrected chi connectivity index (χ1v) is 7.22. The molecule has 0 saturated carbocycles. The topological polar surface area (TPSA) is 84.2 Å². The molecule has 0 unspecified atom stereocenters. The van der Waals surface area contributed by atoms with Crippen LogP contribution in [-0.2, 0) is 23.1 Å². The maximum Gasteiger partial charge on any atom is 0.273 e. The lowest BCUT2D eigenvalue weighted by molar-refractivity contribution is 0.400. The highest BCUT2D eigenvalue weighted by Gasteiger charge is 2.15. The van der Waals surface area contributed by atoms with Gasteiger partial charge in [-0.1, -0.05) is 6.07 Å². The average molecular weight is 281 g/mol. The van der Waals surface area contributed by atoms with E-state index in [2.05, 4.69) is 15.0 Å². The van der Waals surface area contributed by atoms with Gasteiger partial charge in [-0.25, -0.2) is 13.1 Å². The van der Waals surface area contributed by atoms with Gasteiger partial charge in [-0.2, -0.15) is 0 Å². The Morgan fingerprint density at radius 2 is 2.11 bits per heavy atom. The van der Waals surface area contributed by atoms with Crippen LogP contribution in [-0.4, -0.2) is 20.4 Å². The Kier molecular flexibility index (Phi) is 4.31. The summed E-state index contributed by atoms with van der Waals surface area (Å²) in [6, 6.07) is 6.90. The van der Waals surface area contributed by atoms with Gasteiger partial charge in [0.25, 0.3) is 10.0 Å². The van der Waals surface area contributed by atoms with Crippen molar-refractivity contribution in [1.29, 1.82) is 0 Å². The number of rotatable bonds is 6. The highest BCUT2D eigenvalue weighted by atomic mass is 32.2. The second-order valence-electron chi connectivity index (χ2n) is 3.89. The third kappa shape index (κ3) is 3.63. The molecule has 0 aromatic carbocycles. The van der Waals surface area contributed by atoms with Crippen molar-refractivity contribution in [3.8, 4) is 0 Å². The lowest BCUT2D eigenvalue weighted by Gasteiger charge is -2.02. The predicted octanol–water partition coefficient (Wildman–Crippen LogP) is 0.872. The van der Waals surface area contributed by atoms with E-state index in [-0.39, 0.29) is 5.09 Å². The minimum atomic E-state index is -3.51. The number of furan rings is 1. The zero-order valence-corrected chi connectivity index (χ0v) is 11.3. The third-order valence-electron chi connectivity index (χ3n) is 2.52. The van der Waals surface area contributed by atoms with Crippen molar-refractivity contribution in [2.75, 3.05) is 7.05 Å². The summed E-state index contributed by atoms with van der Waals surface area (Å²) in [4.78, 5) is 4.01. The highest BCUT2D eigenvalue weighted by molar-refractivity contribution is 7.89. The standard InChI is InChI=1S/C12H15N3O3S/c1-13-19(16,17)12-5-4-11(18-12)9-15-8-10-3-2-6-14-7-10/h2-7,13,15H,8-9H2,1H3. The van der Waals surface area contributed by atoms with Crippen LogP contribution in [0, 0.1) is 0 Å². The first-order valence-electron chi connectivity index (χ1n) is 5.74. The number of nitrogens with zero attached hydrogens (tertiary/aromatic N) is 1. The molecule has 6 nitrogen and oxygen atoms in total. The van der Waals surface area contributed by atoms with E-state index in [1.54, 1.807) is 18.5 Å². The number of nitrogens with one attached hydrogen (secondary N) is 2. The summed E-state index contributed by atoms with van der Waals surface area (Å²) in [5.74, 6) is 0.567. The fourth-order valence-corrected chi connectivity index (χ4v) is 2.20. The third-order valence-corrected chi connectivity index (χ3v) is 3.81. The van der Waals surface area contributed by atoms with Crippen LogP contribution in [0.5, 0.6) is 0 Å². The second kappa shape index (κ2) is 5.96. The Morgan fingerprint density at radius 3 is 2.79 bits per heavy atom. The van der Waals surface area contributed by atoms with Crippen molar-refractivity contribution in [3.05, 3.63) is 48.0 Å². The molecular formula is C12H15N3O3S. The molecule has 19 heavy (non-hydrogen) atoms. The van der Waals surface area contributed by atoms with E-state index in [1.165, 1.54) is 13.1 Å². The highest BCUT2D eigenvalue weighted by Crippen LogP contribution is 2.13. The van der Waals surface area contributed by atoms with E-state index >= 15 is 0 Å². The van der Waals surface area contributed by atoms with Crippen LogP contribution in [0.25, 0.3) is 0 Å². The lowest BCUT2D eigenvalue weighted by atomic mass is 10.3. The van der Waals surface area contributed by atoms with Gasteiger partial charge >= 0.3 is 0 Å². The number of hydrogen-bond acceptors (Lipinski definition) is 5. The molecule has 0 aliphatic carbocycles. The molecule has 2 heterocycles. The average Bonchev–Trinajstić information content (AvgIpc) is 2.90. The van der Waals surface area contributed by atoms with E-state index < -0.39 is 10.0 Å². The number of sulfonamides is 1. The largest absolute Gasteiger partial charge is 0.447 e. The van der Waals surface area contributed by atoms with Crippen molar-refractivity contribution in [2.24, 2.45) is 0 Å². The van der Waals surface area contributed by atoms with Crippen LogP contribution in [0.1, 0.15) is 11.3 Å². The van der Waals surface area contributed by atoms with Crippen molar-refractivity contribution >= 4 is 10.0 Å². The number of pyridine rings is 1. The van der Waals surface area contributed by atoms with Crippen LogP contribution in [0.4, 0.5) is 0 Å². The maximum atomic E-state index is 11.5. The van der Waals surface area contributed by atoms with Gasteiger partial charge in [0.2, 0.25) is 5.09 Å². The number of aromatic nitrogens is 1. The zero-order chi connectivity index (χ0) is 13.7. The first-order chi connectivity index (χ1) is 9.12. The van der Waals surface area contributed by atoms with Crippen LogP contribution in [0.3, 0.4) is 0 Å². The minimum absolute atomic E-state index is 0.0758. The smallest absolute Gasteiger partial charge is 0.273 e. The van der Waals surface area contributed by atoms with Crippen LogP contribution < -0.4 is 10.0 Å². The molecule has 0 aliphatic rings. The van der Waals surface area contributed by atoms with Gasteiger partial charge in [-0.3, -0.25) is 4.98 Å². The van der Waals surface area contributed by atoms with Gasteiger partial charge in [-0.15, -0.1) is 0 Å². The lowest BCUT2D eigenvalue weighted by Crippen LogP contribution is -2.17. The summed E-state index contributed by atoms with van der Waals surface area (Å²) < 4.78 is 30.4. The summed E-state index contributed by atoms with van der Waals surface area (Å²) in [6.07, 6.45) is 3.48. The molecule has 2 aromatic rings. The second-order valence-corrected chi connectivity index (χ2v) is 5.71. The predicted molar refractivity (Wildman–Crippen MR) is 69.7 cm³/mol. The summed E-state index contributed by atoms with van der Waals surface area (Å²) in [5.41, 5.74) is 1.05. The van der Waals surface area contributed by atoms with Gasteiger partial charge in [0.15, 0.2) is 0 Å². The zero-order valence-electron chi connectivity index (χ0n) is 10.5. The Bertz CT molecular complexity index is 623. The van der Waals surface area contributed by atoms with Crippen LogP contribution in [0.2, 0.25) is 0 Å². The summed E-state index contributed by atoms with van der Waals surface area (Å²) >= 11 is 0. The van der Waals surface area contributed by atoms with Crippen molar-refractivity contribution < 1.29 is 12.8 Å². The SMILES string of the molecule is CNS(=O)(=O)c1ccc(CNCc2cccnc2)o1. The molecule has 102 valence electrons. The van der Waals surface area contributed by atoms with Gasteiger partial charge in [0.1, 0.15) is 5.76 Å². The Hall–Kier alpha value is -1.70. The molecule has 7 heteroatoms. The molecule has 2 rings (SSSR count). The summed E-state index contributed by atoms with van der Waals surface area (Å²) in [5, 5.41) is 3.08. The van der Waals surface area contributed by atoms with Crippen LogP contribution >= 0.6 is 0 Å². The Labute approximate surface area is 111 Å². The van der Waals surface area contributed by atoms with Gasteiger partial charge in [0.05, 0.1) is 6.54 Å². The number of hydrogen-bond donors (Lipinski definition) is 2. The maximum absolute atomic E-state index is 11.5. The van der Waals surface area contributed by atoms with E-state index in [1.807, 2.05) is 12.1 Å². The molecule has 0 atom stereocenters. The Balaban J connectivity index is 1.91. The summed E-state index contributed by atoms with van der Waals surface area (Å²) in [7, 11) is -2.16. The Morgan fingerprint density at radius 1 is 1.26 bits per heavy atom. The van der Waals surface area contributed by atoms with E-state index in [4.69, 9.17) is 4.42 Å². The van der Waals surface area contributed by atoms with E-state index in [9.17, 15) is 8.42 Å². The van der Waals surface area contributed by atoms with Gasteiger partial charge in [-0.05, 0) is 30.8 Å². The molecule has 0 bridgehead atoms. The van der Waals surface area contributed by atoms with Crippen molar-refractivity contribution in [3.63, 3.8) is 0 Å². The molecule has 2 N–H and O–H groups in total. The molecule has 0 fully saturated rings. The molecule has 2 aromatic heterocycles. The fourth-order valence-electron chi connectivity index (χ4n) is 1.53. The summed E-state index contributed by atoms with van der Waals surface area (Å²) in [6.45, 7) is 1.09. The molecule has 0 saturated heterocycles. The van der Waals surface area contributed by atoms with Crippen molar-refractivity contribution in [1.82, 2.24) is 15.0 Å². The van der Waals surface area contributed by atoms with E-state index in [0.29, 0.717) is 18.8 Å². The molecule has 0 aliphatic heterocycles. The molecule has 0 spiro atoms. The molecule has 0 radical (unpaired) electrons. The first kappa shape index (κ1) is 13.7. The van der Waals surface area contributed by atoms with Gasteiger partial charge in [0, 0.05) is 18.9 Å².